The zero-order chi connectivity index (χ0) is 19.8. The molecule has 10 heteroatoms. The normalized spacial score (nSPS) is 13.6. The van der Waals surface area contributed by atoms with Crippen molar-refractivity contribution in [3.8, 4) is 5.75 Å². The topological polar surface area (TPSA) is 38.3 Å². The molecule has 0 aliphatic carbocycles. The fourth-order valence-corrected chi connectivity index (χ4v) is 1.79. The Bertz CT molecular complexity index is 631. The first-order valence-corrected chi connectivity index (χ1v) is 6.92. The van der Waals surface area contributed by atoms with Crippen LogP contribution >= 0.6 is 0 Å². The van der Waals surface area contributed by atoms with Crippen LogP contribution in [-0.2, 0) is 10.2 Å². The van der Waals surface area contributed by atoms with E-state index in [1.54, 1.807) is 20.8 Å². The molecule has 1 rings (SSSR count). The van der Waals surface area contributed by atoms with Gasteiger partial charge in [0.2, 0.25) is 5.91 Å². The molecule has 1 amide bonds. The van der Waals surface area contributed by atoms with E-state index in [1.807, 2.05) is 5.32 Å². The van der Waals surface area contributed by atoms with Crippen molar-refractivity contribution < 1.29 is 40.3 Å². The van der Waals surface area contributed by atoms with Gasteiger partial charge in [0.1, 0.15) is 5.75 Å². The van der Waals surface area contributed by atoms with E-state index >= 15 is 0 Å². The van der Waals surface area contributed by atoms with Crippen molar-refractivity contribution in [1.29, 1.82) is 0 Å². The number of alkyl halides is 7. The number of hydrogen-bond donors (Lipinski definition) is 1. The maximum absolute atomic E-state index is 13.9. The lowest BCUT2D eigenvalue weighted by molar-refractivity contribution is -0.405. The van der Waals surface area contributed by atoms with Crippen LogP contribution in [0, 0.1) is 0 Å². The highest BCUT2D eigenvalue weighted by Gasteiger charge is 2.76. The Hall–Kier alpha value is -2.00. The lowest BCUT2D eigenvalue weighted by Gasteiger charge is -2.31. The van der Waals surface area contributed by atoms with Gasteiger partial charge < -0.3 is 10.1 Å². The molecule has 25 heavy (non-hydrogen) atoms. The Morgan fingerprint density at radius 2 is 1.44 bits per heavy atom. The Morgan fingerprint density at radius 1 is 0.960 bits per heavy atom. The highest BCUT2D eigenvalue weighted by atomic mass is 19.4. The van der Waals surface area contributed by atoms with E-state index in [4.69, 9.17) is 0 Å². The summed E-state index contributed by atoms with van der Waals surface area (Å²) < 4.78 is 93.9. The average Bonchev–Trinajstić information content (AvgIpc) is 2.36. The summed E-state index contributed by atoms with van der Waals surface area (Å²) in [5, 5.41) is 2.01. The molecule has 0 heterocycles. The van der Waals surface area contributed by atoms with E-state index in [0.717, 1.165) is 19.1 Å². The van der Waals surface area contributed by atoms with Crippen molar-refractivity contribution >= 4 is 11.6 Å². The van der Waals surface area contributed by atoms with E-state index in [-0.39, 0.29) is 5.56 Å². The first kappa shape index (κ1) is 21.0. The van der Waals surface area contributed by atoms with Crippen molar-refractivity contribution in [1.82, 2.24) is 0 Å². The van der Waals surface area contributed by atoms with Crippen LogP contribution in [0.4, 0.5) is 36.4 Å². The van der Waals surface area contributed by atoms with Gasteiger partial charge in [0, 0.05) is 6.92 Å². The molecule has 0 bridgehead atoms. The number of rotatable bonds is 3. The summed E-state index contributed by atoms with van der Waals surface area (Å²) in [6, 6.07) is 3.25. The monoisotopic (exact) mass is 375 g/mol. The Labute approximate surface area is 139 Å². The standard InChI is InChI=1S/C15H16F7NO2/c1-8(24)23-10-6-5-9(12(2,3)4)7-11(10)25-13(16,14(17,18)19)15(20,21)22/h5-7H,1-4H3,(H,23,24). The number of ether oxygens (including phenoxy) is 1. The van der Waals surface area contributed by atoms with Crippen LogP contribution in [0.1, 0.15) is 33.3 Å². The minimum absolute atomic E-state index is 0.281. The Morgan fingerprint density at radius 3 is 1.80 bits per heavy atom. The molecule has 0 aromatic heterocycles. The number of anilines is 1. The van der Waals surface area contributed by atoms with Crippen LogP contribution in [0.2, 0.25) is 0 Å². The first-order valence-electron chi connectivity index (χ1n) is 6.92. The second-order valence-corrected chi connectivity index (χ2v) is 6.33. The largest absolute Gasteiger partial charge is 0.470 e. The van der Waals surface area contributed by atoms with Crippen molar-refractivity contribution in [3.63, 3.8) is 0 Å². The van der Waals surface area contributed by atoms with Crippen molar-refractivity contribution in [3.05, 3.63) is 23.8 Å². The van der Waals surface area contributed by atoms with Gasteiger partial charge in [0.05, 0.1) is 5.69 Å². The van der Waals surface area contributed by atoms with Crippen LogP contribution < -0.4 is 10.1 Å². The molecule has 0 fully saturated rings. The van der Waals surface area contributed by atoms with Gasteiger partial charge in [-0.15, -0.1) is 0 Å². The first-order chi connectivity index (χ1) is 11.0. The van der Waals surface area contributed by atoms with Gasteiger partial charge in [0.25, 0.3) is 0 Å². The molecule has 0 radical (unpaired) electrons. The van der Waals surface area contributed by atoms with Crippen molar-refractivity contribution in [2.75, 3.05) is 5.32 Å². The van der Waals surface area contributed by atoms with Crippen LogP contribution in [0.25, 0.3) is 0 Å². The number of hydrogen-bond acceptors (Lipinski definition) is 2. The molecular formula is C15H16F7NO2. The Balaban J connectivity index is 3.53. The van der Waals surface area contributed by atoms with Gasteiger partial charge in [-0.2, -0.15) is 30.7 Å². The number of carbonyl (C=O) groups excluding carboxylic acids is 1. The maximum atomic E-state index is 13.9. The van der Waals surface area contributed by atoms with E-state index in [1.165, 1.54) is 6.07 Å². The molecule has 0 atom stereocenters. The van der Waals surface area contributed by atoms with Crippen molar-refractivity contribution in [2.45, 2.75) is 51.3 Å². The smallest absolute Gasteiger partial charge is 0.441 e. The predicted octanol–water partition coefficient (Wildman–Crippen LogP) is 5.11. The summed E-state index contributed by atoms with van der Waals surface area (Å²) in [6.45, 7) is 5.90. The van der Waals surface area contributed by atoms with E-state index in [0.29, 0.717) is 0 Å². The maximum Gasteiger partial charge on any atom is 0.470 e. The molecule has 0 saturated heterocycles. The minimum Gasteiger partial charge on any atom is -0.441 e. The quantitative estimate of drug-likeness (QED) is 0.746. The van der Waals surface area contributed by atoms with Crippen LogP contribution in [-0.4, -0.2) is 24.1 Å². The van der Waals surface area contributed by atoms with Crippen molar-refractivity contribution in [2.24, 2.45) is 0 Å². The molecule has 3 nitrogen and oxygen atoms in total. The highest BCUT2D eigenvalue weighted by Crippen LogP contribution is 2.48. The lowest BCUT2D eigenvalue weighted by atomic mass is 9.87. The molecule has 1 aromatic rings. The summed E-state index contributed by atoms with van der Waals surface area (Å²) in [5.41, 5.74) is -0.915. The van der Waals surface area contributed by atoms with Gasteiger partial charge in [0.15, 0.2) is 0 Å². The van der Waals surface area contributed by atoms with Gasteiger partial charge >= 0.3 is 18.2 Å². The molecular weight excluding hydrogens is 359 g/mol. The van der Waals surface area contributed by atoms with Gasteiger partial charge in [-0.1, -0.05) is 26.8 Å². The van der Waals surface area contributed by atoms with Gasteiger partial charge in [-0.05, 0) is 23.1 Å². The number of benzene rings is 1. The average molecular weight is 375 g/mol. The molecule has 0 aliphatic rings. The second kappa shape index (κ2) is 6.38. The fraction of sp³-hybridized carbons (Fsp3) is 0.533. The number of halogens is 7. The van der Waals surface area contributed by atoms with Crippen LogP contribution in [0.15, 0.2) is 18.2 Å². The zero-order valence-electron chi connectivity index (χ0n) is 13.7. The molecule has 142 valence electrons. The number of amides is 1. The molecule has 0 unspecified atom stereocenters. The van der Waals surface area contributed by atoms with Crippen LogP contribution in [0.5, 0.6) is 5.75 Å². The number of nitrogens with one attached hydrogen (secondary N) is 1. The van der Waals surface area contributed by atoms with Gasteiger partial charge in [-0.25, -0.2) is 0 Å². The molecule has 0 aliphatic heterocycles. The summed E-state index contributed by atoms with van der Waals surface area (Å²) in [4.78, 5) is 11.1. The Kier molecular flexibility index (Phi) is 5.37. The summed E-state index contributed by atoms with van der Waals surface area (Å²) in [7, 11) is 0. The molecule has 1 aromatic carbocycles. The highest BCUT2D eigenvalue weighted by molar-refractivity contribution is 5.90. The van der Waals surface area contributed by atoms with E-state index < -0.39 is 41.0 Å². The third-order valence-electron chi connectivity index (χ3n) is 3.14. The predicted molar refractivity (Wildman–Crippen MR) is 76.0 cm³/mol. The van der Waals surface area contributed by atoms with E-state index in [9.17, 15) is 35.5 Å². The summed E-state index contributed by atoms with van der Waals surface area (Å²) >= 11 is 0. The summed E-state index contributed by atoms with van der Waals surface area (Å²) in [5.74, 6) is -7.79. The molecule has 0 saturated carbocycles. The third kappa shape index (κ3) is 4.55. The molecule has 0 spiro atoms. The lowest BCUT2D eigenvalue weighted by Crippen LogP contribution is -2.57. The number of carbonyl (C=O) groups is 1. The SMILES string of the molecule is CC(=O)Nc1ccc(C(C)(C)C)cc1OC(F)(C(F)(F)F)C(F)(F)F. The summed E-state index contributed by atoms with van der Waals surface area (Å²) in [6.07, 6.45) is -12.8. The van der Waals surface area contributed by atoms with E-state index in [2.05, 4.69) is 4.74 Å². The second-order valence-electron chi connectivity index (χ2n) is 6.33. The fourth-order valence-electron chi connectivity index (χ4n) is 1.79. The minimum atomic E-state index is -6.38. The zero-order valence-corrected chi connectivity index (χ0v) is 13.7. The molecule has 1 N–H and O–H groups in total. The third-order valence-corrected chi connectivity index (χ3v) is 3.14. The van der Waals surface area contributed by atoms with Crippen LogP contribution in [0.3, 0.4) is 0 Å². The van der Waals surface area contributed by atoms with Gasteiger partial charge in [-0.3, -0.25) is 4.79 Å².